The van der Waals surface area contributed by atoms with E-state index in [4.69, 9.17) is 11.6 Å². The molecule has 1 fully saturated rings. The lowest BCUT2D eigenvalue weighted by molar-refractivity contribution is 0.153. The van der Waals surface area contributed by atoms with E-state index in [9.17, 15) is 9.50 Å². The van der Waals surface area contributed by atoms with E-state index in [1.54, 1.807) is 12.1 Å². The van der Waals surface area contributed by atoms with E-state index in [1.807, 2.05) is 0 Å². The number of benzene rings is 1. The van der Waals surface area contributed by atoms with Gasteiger partial charge >= 0.3 is 0 Å². The van der Waals surface area contributed by atoms with E-state index < -0.39 is 0 Å². The number of nitrogens with zero attached hydrogens (tertiary/aromatic N) is 1. The molecule has 2 nitrogen and oxygen atoms in total. The van der Waals surface area contributed by atoms with Crippen LogP contribution in [0.5, 0.6) is 0 Å². The van der Waals surface area contributed by atoms with Crippen LogP contribution in [0.3, 0.4) is 0 Å². The van der Waals surface area contributed by atoms with Gasteiger partial charge in [-0.2, -0.15) is 0 Å². The summed E-state index contributed by atoms with van der Waals surface area (Å²) < 4.78 is 13.0. The van der Waals surface area contributed by atoms with Crippen LogP contribution in [0.25, 0.3) is 0 Å². The molecule has 1 unspecified atom stereocenters. The summed E-state index contributed by atoms with van der Waals surface area (Å²) in [5.74, 6) is -0.384. The second-order valence-electron chi connectivity index (χ2n) is 4.20. The summed E-state index contributed by atoms with van der Waals surface area (Å²) in [4.78, 5) is 2.21. The summed E-state index contributed by atoms with van der Waals surface area (Å²) in [5.41, 5.74) is 0.992. The van der Waals surface area contributed by atoms with Crippen LogP contribution in [0.2, 0.25) is 5.02 Å². The number of hydrogen-bond donors (Lipinski definition) is 1. The predicted octanol–water partition coefficient (Wildman–Crippen LogP) is 2.44. The molecule has 1 aliphatic heterocycles. The molecule has 0 spiro atoms. The van der Waals surface area contributed by atoms with Gasteiger partial charge in [-0.05, 0) is 37.1 Å². The van der Waals surface area contributed by atoms with Crippen LogP contribution in [-0.4, -0.2) is 29.2 Å². The normalized spacial score (nSPS) is 21.6. The van der Waals surface area contributed by atoms with Crippen LogP contribution >= 0.6 is 11.6 Å². The van der Waals surface area contributed by atoms with Crippen LogP contribution in [0.15, 0.2) is 18.2 Å². The summed E-state index contributed by atoms with van der Waals surface area (Å²) in [7, 11) is 0. The summed E-state index contributed by atoms with van der Waals surface area (Å²) in [5, 5.41) is 9.35. The van der Waals surface area contributed by atoms with Crippen molar-refractivity contribution in [1.82, 2.24) is 4.90 Å². The average Bonchev–Trinajstić information content (AvgIpc) is 2.71. The van der Waals surface area contributed by atoms with E-state index in [0.29, 0.717) is 0 Å². The molecule has 2 rings (SSSR count). The number of rotatable bonds is 3. The maximum Gasteiger partial charge on any atom is 0.141 e. The van der Waals surface area contributed by atoms with Crippen LogP contribution in [0.1, 0.15) is 18.4 Å². The van der Waals surface area contributed by atoms with Crippen LogP contribution in [-0.2, 0) is 6.54 Å². The fourth-order valence-electron chi connectivity index (χ4n) is 2.18. The highest BCUT2D eigenvalue weighted by Crippen LogP contribution is 2.22. The van der Waals surface area contributed by atoms with E-state index in [1.165, 1.54) is 6.07 Å². The molecule has 1 N–H and O–H groups in total. The molecule has 0 amide bonds. The van der Waals surface area contributed by atoms with Gasteiger partial charge in [0, 0.05) is 12.6 Å². The minimum Gasteiger partial charge on any atom is -0.395 e. The molecule has 0 bridgehead atoms. The second-order valence-corrected chi connectivity index (χ2v) is 4.60. The number of aliphatic hydroxyl groups is 1. The smallest absolute Gasteiger partial charge is 0.141 e. The largest absolute Gasteiger partial charge is 0.395 e. The van der Waals surface area contributed by atoms with Crippen LogP contribution in [0.4, 0.5) is 4.39 Å². The molecule has 1 aromatic rings. The van der Waals surface area contributed by atoms with Gasteiger partial charge in [0.25, 0.3) is 0 Å². The third kappa shape index (κ3) is 2.54. The molecule has 1 saturated heterocycles. The van der Waals surface area contributed by atoms with Crippen molar-refractivity contribution in [2.24, 2.45) is 0 Å². The number of hydrogen-bond acceptors (Lipinski definition) is 2. The van der Waals surface area contributed by atoms with Gasteiger partial charge < -0.3 is 5.11 Å². The Morgan fingerprint density at radius 3 is 3.00 bits per heavy atom. The Bertz CT molecular complexity index is 372. The number of likely N-dealkylation sites (tertiary alicyclic amines) is 1. The Balaban J connectivity index is 2.05. The predicted molar refractivity (Wildman–Crippen MR) is 61.9 cm³/mol. The van der Waals surface area contributed by atoms with Crippen molar-refractivity contribution in [1.29, 1.82) is 0 Å². The Hall–Kier alpha value is -0.640. The van der Waals surface area contributed by atoms with E-state index in [-0.39, 0.29) is 23.5 Å². The quantitative estimate of drug-likeness (QED) is 0.882. The molecule has 88 valence electrons. The third-order valence-electron chi connectivity index (χ3n) is 3.08. The fraction of sp³-hybridized carbons (Fsp3) is 0.500. The summed E-state index contributed by atoms with van der Waals surface area (Å²) in [6.45, 7) is 1.90. The molecule has 4 heteroatoms. The molecule has 0 aromatic heterocycles. The third-order valence-corrected chi connectivity index (χ3v) is 3.37. The van der Waals surface area contributed by atoms with Crippen LogP contribution < -0.4 is 0 Å². The molecule has 1 aromatic carbocycles. The lowest BCUT2D eigenvalue weighted by Gasteiger charge is -2.22. The van der Waals surface area contributed by atoms with Gasteiger partial charge in [0.05, 0.1) is 11.6 Å². The minimum atomic E-state index is -0.384. The summed E-state index contributed by atoms with van der Waals surface area (Å²) in [6.07, 6.45) is 2.14. The molecule has 16 heavy (non-hydrogen) atoms. The number of halogens is 2. The van der Waals surface area contributed by atoms with Gasteiger partial charge in [-0.25, -0.2) is 4.39 Å². The zero-order valence-corrected chi connectivity index (χ0v) is 9.75. The second kappa shape index (κ2) is 5.13. The maximum atomic E-state index is 13.0. The Labute approximate surface area is 99.6 Å². The molecular formula is C12H15ClFNO. The topological polar surface area (TPSA) is 23.5 Å². The van der Waals surface area contributed by atoms with E-state index in [2.05, 4.69) is 4.90 Å². The van der Waals surface area contributed by atoms with Gasteiger partial charge in [-0.3, -0.25) is 4.90 Å². The summed E-state index contributed by atoms with van der Waals surface area (Å²) >= 11 is 5.73. The highest BCUT2D eigenvalue weighted by molar-refractivity contribution is 6.30. The number of aliphatic hydroxyl groups excluding tert-OH is 1. The van der Waals surface area contributed by atoms with Gasteiger partial charge in [0.15, 0.2) is 0 Å². The van der Waals surface area contributed by atoms with Gasteiger partial charge in [0.1, 0.15) is 5.82 Å². The van der Waals surface area contributed by atoms with Crippen molar-refractivity contribution in [3.05, 3.63) is 34.6 Å². The molecule has 1 aliphatic rings. The standard InChI is InChI=1S/C12H15ClFNO/c13-11-6-9(3-4-12(11)14)7-15-5-1-2-10(15)8-16/h3-4,6,10,16H,1-2,5,7-8H2. The molecule has 1 heterocycles. The van der Waals surface area contributed by atoms with Crippen molar-refractivity contribution >= 4 is 11.6 Å². The summed E-state index contributed by atoms with van der Waals surface area (Å²) in [6, 6.07) is 5.03. The highest BCUT2D eigenvalue weighted by atomic mass is 35.5. The van der Waals surface area contributed by atoms with Gasteiger partial charge in [-0.1, -0.05) is 17.7 Å². The zero-order chi connectivity index (χ0) is 11.5. The SMILES string of the molecule is OCC1CCCN1Cc1ccc(F)c(Cl)c1. The Kier molecular flexibility index (Phi) is 3.79. The lowest BCUT2D eigenvalue weighted by atomic mass is 10.2. The molecule has 0 aliphatic carbocycles. The van der Waals surface area contributed by atoms with Crippen molar-refractivity contribution in [2.45, 2.75) is 25.4 Å². The van der Waals surface area contributed by atoms with E-state index in [0.717, 1.165) is 31.5 Å². The Morgan fingerprint density at radius 1 is 1.50 bits per heavy atom. The lowest BCUT2D eigenvalue weighted by Crippen LogP contribution is -2.31. The first kappa shape index (κ1) is 11.8. The first-order chi connectivity index (χ1) is 7.70. The highest BCUT2D eigenvalue weighted by Gasteiger charge is 2.23. The first-order valence-corrected chi connectivity index (χ1v) is 5.87. The fourth-order valence-corrected chi connectivity index (χ4v) is 2.39. The van der Waals surface area contributed by atoms with E-state index >= 15 is 0 Å². The maximum absolute atomic E-state index is 13.0. The van der Waals surface area contributed by atoms with Gasteiger partial charge in [0.2, 0.25) is 0 Å². The minimum absolute atomic E-state index is 0.164. The van der Waals surface area contributed by atoms with Gasteiger partial charge in [-0.15, -0.1) is 0 Å². The average molecular weight is 244 g/mol. The first-order valence-electron chi connectivity index (χ1n) is 5.49. The molecule has 0 saturated carbocycles. The molecular weight excluding hydrogens is 229 g/mol. The molecule has 0 radical (unpaired) electrons. The monoisotopic (exact) mass is 243 g/mol. The Morgan fingerprint density at radius 2 is 2.31 bits per heavy atom. The molecule has 1 atom stereocenters. The van der Waals surface area contributed by atoms with Crippen molar-refractivity contribution in [3.8, 4) is 0 Å². The van der Waals surface area contributed by atoms with Crippen molar-refractivity contribution in [3.63, 3.8) is 0 Å². The van der Waals surface area contributed by atoms with Crippen molar-refractivity contribution < 1.29 is 9.50 Å². The van der Waals surface area contributed by atoms with Crippen LogP contribution in [0, 0.1) is 5.82 Å². The zero-order valence-electron chi connectivity index (χ0n) is 9.00. The van der Waals surface area contributed by atoms with Crippen molar-refractivity contribution in [2.75, 3.05) is 13.2 Å².